The number of benzene rings is 1. The summed E-state index contributed by atoms with van der Waals surface area (Å²) in [5, 5.41) is 12.0. The number of ketones is 1. The maximum Gasteiger partial charge on any atom is 0.192 e. The van der Waals surface area contributed by atoms with E-state index in [0.717, 1.165) is 42.2 Å². The van der Waals surface area contributed by atoms with Crippen LogP contribution >= 0.6 is 23.1 Å². The Morgan fingerprint density at radius 2 is 2.00 bits per heavy atom. The Morgan fingerprint density at radius 1 is 1.11 bits per heavy atom. The van der Waals surface area contributed by atoms with E-state index >= 15 is 0 Å². The molecule has 27 heavy (non-hydrogen) atoms. The number of carbonyl (C=O) groups is 1. The van der Waals surface area contributed by atoms with Crippen molar-refractivity contribution in [2.24, 2.45) is 0 Å². The first-order chi connectivity index (χ1) is 13.3. The topological polar surface area (TPSA) is 47.8 Å². The first-order valence-electron chi connectivity index (χ1n) is 9.54. The number of nitrogens with zero attached hydrogens (tertiary/aromatic N) is 3. The van der Waals surface area contributed by atoms with Crippen LogP contribution in [0.15, 0.2) is 46.9 Å². The van der Waals surface area contributed by atoms with Crippen molar-refractivity contribution in [2.75, 3.05) is 0 Å². The number of rotatable bonds is 5. The summed E-state index contributed by atoms with van der Waals surface area (Å²) in [6.07, 6.45) is 6.12. The maximum atomic E-state index is 13.1. The molecule has 1 aromatic carbocycles. The highest BCUT2D eigenvalue weighted by Gasteiger charge is 2.33. The number of aryl methyl sites for hydroxylation is 1. The van der Waals surface area contributed by atoms with Gasteiger partial charge in [-0.3, -0.25) is 4.79 Å². The molecule has 1 saturated carbocycles. The average Bonchev–Trinajstić information content (AvgIpc) is 3.29. The average molecular weight is 396 g/mol. The first kappa shape index (κ1) is 17.2. The molecule has 2 aliphatic carbocycles. The summed E-state index contributed by atoms with van der Waals surface area (Å²) in [6, 6.07) is 12.8. The number of hydrogen-bond donors (Lipinski definition) is 0. The number of hydrogen-bond acceptors (Lipinski definition) is 5. The van der Waals surface area contributed by atoms with Crippen LogP contribution in [0, 0.1) is 0 Å². The van der Waals surface area contributed by atoms with Gasteiger partial charge in [0, 0.05) is 22.9 Å². The fourth-order valence-corrected chi connectivity index (χ4v) is 5.71. The zero-order valence-corrected chi connectivity index (χ0v) is 16.6. The predicted molar refractivity (Wildman–Crippen MR) is 109 cm³/mol. The monoisotopic (exact) mass is 395 g/mol. The van der Waals surface area contributed by atoms with Crippen molar-refractivity contribution in [3.8, 4) is 0 Å². The molecule has 2 heterocycles. The SMILES string of the molecule is O=C1c2ccccc2CCCC1Sc1nnc(Cc2cccs2)n1C1CC1. The van der Waals surface area contributed by atoms with E-state index < -0.39 is 0 Å². The van der Waals surface area contributed by atoms with Gasteiger partial charge in [-0.25, -0.2) is 0 Å². The summed E-state index contributed by atoms with van der Waals surface area (Å²) in [4.78, 5) is 14.4. The Kier molecular flexibility index (Phi) is 4.61. The Balaban J connectivity index is 1.42. The lowest BCUT2D eigenvalue weighted by Gasteiger charge is -2.14. The molecule has 0 saturated heterocycles. The Morgan fingerprint density at radius 3 is 2.81 bits per heavy atom. The van der Waals surface area contributed by atoms with Crippen LogP contribution in [0.4, 0.5) is 0 Å². The second-order valence-electron chi connectivity index (χ2n) is 7.28. The Hall–Kier alpha value is -1.92. The van der Waals surface area contributed by atoms with E-state index in [9.17, 15) is 4.79 Å². The molecule has 0 bridgehead atoms. The number of fused-ring (bicyclic) bond motifs is 1. The third-order valence-electron chi connectivity index (χ3n) is 5.29. The van der Waals surface area contributed by atoms with Crippen LogP contribution in [-0.4, -0.2) is 25.8 Å². The molecule has 0 spiro atoms. The van der Waals surface area contributed by atoms with Gasteiger partial charge in [-0.2, -0.15) is 0 Å². The van der Waals surface area contributed by atoms with Gasteiger partial charge in [0.1, 0.15) is 5.82 Å². The third-order valence-corrected chi connectivity index (χ3v) is 7.39. The quantitative estimate of drug-likeness (QED) is 0.574. The van der Waals surface area contributed by atoms with Crippen molar-refractivity contribution < 1.29 is 4.79 Å². The van der Waals surface area contributed by atoms with Crippen LogP contribution in [-0.2, 0) is 12.8 Å². The fraction of sp³-hybridized carbons (Fsp3) is 0.381. The molecule has 4 nitrogen and oxygen atoms in total. The first-order valence-corrected chi connectivity index (χ1v) is 11.3. The number of thioether (sulfide) groups is 1. The largest absolute Gasteiger partial charge is 0.303 e. The predicted octanol–water partition coefficient (Wildman–Crippen LogP) is 4.95. The summed E-state index contributed by atoms with van der Waals surface area (Å²) in [7, 11) is 0. The van der Waals surface area contributed by atoms with Gasteiger partial charge in [0.25, 0.3) is 0 Å². The molecule has 2 aromatic heterocycles. The number of Topliss-reactive ketones (excluding diaryl/α,β-unsaturated/α-hetero) is 1. The van der Waals surface area contributed by atoms with Gasteiger partial charge in [0.2, 0.25) is 0 Å². The van der Waals surface area contributed by atoms with Gasteiger partial charge in [0.05, 0.1) is 5.25 Å². The summed E-state index contributed by atoms with van der Waals surface area (Å²) in [6.45, 7) is 0. The minimum atomic E-state index is -0.0649. The maximum absolute atomic E-state index is 13.1. The highest BCUT2D eigenvalue weighted by atomic mass is 32.2. The molecule has 1 fully saturated rings. The Bertz CT molecular complexity index is 960. The van der Waals surface area contributed by atoms with E-state index in [0.29, 0.717) is 6.04 Å². The second kappa shape index (κ2) is 7.24. The van der Waals surface area contributed by atoms with Gasteiger partial charge in [-0.05, 0) is 49.1 Å². The van der Waals surface area contributed by atoms with E-state index in [1.165, 1.54) is 23.3 Å². The van der Waals surface area contributed by atoms with E-state index in [1.807, 2.05) is 18.2 Å². The van der Waals surface area contributed by atoms with E-state index in [-0.39, 0.29) is 11.0 Å². The van der Waals surface area contributed by atoms with Crippen LogP contribution in [0.3, 0.4) is 0 Å². The lowest BCUT2D eigenvalue weighted by Crippen LogP contribution is -2.17. The second-order valence-corrected chi connectivity index (χ2v) is 9.48. The van der Waals surface area contributed by atoms with Crippen molar-refractivity contribution in [2.45, 2.75) is 55.0 Å². The van der Waals surface area contributed by atoms with E-state index in [2.05, 4.69) is 38.3 Å². The molecule has 0 amide bonds. The number of aromatic nitrogens is 3. The molecular weight excluding hydrogens is 374 g/mol. The van der Waals surface area contributed by atoms with E-state index in [4.69, 9.17) is 0 Å². The number of carbonyl (C=O) groups excluding carboxylic acids is 1. The van der Waals surface area contributed by atoms with Crippen LogP contribution in [0.1, 0.15) is 58.3 Å². The standard InChI is InChI=1S/C21H21N3OS2/c25-20-17-8-2-1-5-14(17)6-3-9-18(20)27-21-23-22-19(24(21)15-10-11-15)13-16-7-4-12-26-16/h1-2,4-5,7-8,12,15,18H,3,6,9-11,13H2. The summed E-state index contributed by atoms with van der Waals surface area (Å²) < 4.78 is 2.30. The summed E-state index contributed by atoms with van der Waals surface area (Å²) >= 11 is 3.38. The van der Waals surface area contributed by atoms with Gasteiger partial charge in [-0.15, -0.1) is 21.5 Å². The van der Waals surface area contributed by atoms with Crippen molar-refractivity contribution in [1.82, 2.24) is 14.8 Å². The van der Waals surface area contributed by atoms with Crippen molar-refractivity contribution in [1.29, 1.82) is 0 Å². The molecule has 0 aliphatic heterocycles. The molecule has 138 valence electrons. The zero-order valence-electron chi connectivity index (χ0n) is 15.0. The van der Waals surface area contributed by atoms with Gasteiger partial charge in [0.15, 0.2) is 10.9 Å². The smallest absolute Gasteiger partial charge is 0.192 e. The zero-order chi connectivity index (χ0) is 18.2. The molecule has 5 rings (SSSR count). The van der Waals surface area contributed by atoms with Gasteiger partial charge in [-0.1, -0.05) is 42.1 Å². The van der Waals surface area contributed by atoms with E-state index in [1.54, 1.807) is 23.1 Å². The third kappa shape index (κ3) is 3.48. The minimum absolute atomic E-state index is 0.0649. The molecule has 1 atom stereocenters. The van der Waals surface area contributed by atoms with Crippen molar-refractivity contribution >= 4 is 28.9 Å². The van der Waals surface area contributed by atoms with Gasteiger partial charge >= 0.3 is 0 Å². The highest BCUT2D eigenvalue weighted by molar-refractivity contribution is 8.00. The van der Waals surface area contributed by atoms with Crippen LogP contribution in [0.25, 0.3) is 0 Å². The van der Waals surface area contributed by atoms with Crippen molar-refractivity contribution in [3.05, 3.63) is 63.6 Å². The van der Waals surface area contributed by atoms with Gasteiger partial charge < -0.3 is 4.57 Å². The lowest BCUT2D eigenvalue weighted by molar-refractivity contribution is 0.0988. The van der Waals surface area contributed by atoms with Crippen LogP contribution in [0.2, 0.25) is 0 Å². The fourth-order valence-electron chi connectivity index (χ4n) is 3.78. The molecule has 1 unspecified atom stereocenters. The van der Waals surface area contributed by atoms with Crippen molar-refractivity contribution in [3.63, 3.8) is 0 Å². The Labute approximate surface area is 167 Å². The van der Waals surface area contributed by atoms with Crippen LogP contribution < -0.4 is 0 Å². The highest BCUT2D eigenvalue weighted by Crippen LogP contribution is 2.41. The number of thiophene rings is 1. The van der Waals surface area contributed by atoms with Crippen LogP contribution in [0.5, 0.6) is 0 Å². The molecule has 0 radical (unpaired) electrons. The molecule has 0 N–H and O–H groups in total. The normalized spacial score (nSPS) is 19.7. The lowest BCUT2D eigenvalue weighted by atomic mass is 10.0. The molecule has 3 aromatic rings. The minimum Gasteiger partial charge on any atom is -0.303 e. The molecule has 6 heteroatoms. The molecule has 2 aliphatic rings. The molecular formula is C21H21N3OS2. The summed E-state index contributed by atoms with van der Waals surface area (Å²) in [5.41, 5.74) is 2.08. The summed E-state index contributed by atoms with van der Waals surface area (Å²) in [5.74, 6) is 1.28.